The maximum Gasteiger partial charge on any atom is 0.306 e. The van der Waals surface area contributed by atoms with Gasteiger partial charge in [0.1, 0.15) is 12.1 Å². The molecular formula is C36H65N5O8. The summed E-state index contributed by atoms with van der Waals surface area (Å²) in [5.41, 5.74) is 0. The van der Waals surface area contributed by atoms with Crippen molar-refractivity contribution >= 4 is 29.6 Å². The average Bonchev–Trinajstić information content (AvgIpc) is 3.55. The van der Waals surface area contributed by atoms with E-state index in [1.807, 2.05) is 27.7 Å². The summed E-state index contributed by atoms with van der Waals surface area (Å²) in [6.45, 7) is 9.95. The summed E-state index contributed by atoms with van der Waals surface area (Å²) in [5, 5.41) is 18.6. The molecule has 2 fully saturated rings. The van der Waals surface area contributed by atoms with E-state index in [1.165, 1.54) is 19.1 Å². The van der Waals surface area contributed by atoms with Gasteiger partial charge in [0.15, 0.2) is 0 Å². The Labute approximate surface area is 293 Å². The first-order valence-electron chi connectivity index (χ1n) is 18.4. The number of ether oxygens (including phenoxy) is 2. The lowest BCUT2D eigenvalue weighted by Gasteiger charge is -2.39. The monoisotopic (exact) mass is 695 g/mol. The van der Waals surface area contributed by atoms with Crippen molar-refractivity contribution in [3.8, 4) is 0 Å². The number of likely N-dealkylation sites (N-methyl/N-ethyl adjacent to an activating group) is 2. The fraction of sp³-hybridized carbons (Fsp3) is 0.861. The van der Waals surface area contributed by atoms with Crippen LogP contribution in [0.1, 0.15) is 105 Å². The van der Waals surface area contributed by atoms with Gasteiger partial charge >= 0.3 is 5.97 Å². The molecule has 0 aromatic heterocycles. The molecule has 2 rings (SSSR count). The number of carbonyl (C=O) groups is 5. The molecule has 49 heavy (non-hydrogen) atoms. The highest BCUT2D eigenvalue weighted by molar-refractivity contribution is 5.93. The number of carboxylic acid groups (broad SMARTS) is 1. The average molecular weight is 696 g/mol. The van der Waals surface area contributed by atoms with Gasteiger partial charge in [-0.25, -0.2) is 0 Å². The van der Waals surface area contributed by atoms with E-state index in [4.69, 9.17) is 9.47 Å². The van der Waals surface area contributed by atoms with Crippen LogP contribution in [0.3, 0.4) is 0 Å². The third kappa shape index (κ3) is 11.6. The molecule has 0 saturated carbocycles. The van der Waals surface area contributed by atoms with Crippen molar-refractivity contribution in [1.82, 2.24) is 25.8 Å². The lowest BCUT2D eigenvalue weighted by atomic mass is 9.90. The van der Waals surface area contributed by atoms with Crippen molar-refractivity contribution in [3.05, 3.63) is 0 Å². The zero-order valence-electron chi connectivity index (χ0n) is 31.5. The number of hydrogen-bond donors (Lipinski definition) is 4. The molecule has 2 aliphatic heterocycles. The van der Waals surface area contributed by atoms with E-state index in [0.717, 1.165) is 38.5 Å². The summed E-state index contributed by atoms with van der Waals surface area (Å²) in [7, 11) is 6.39. The molecule has 282 valence electrons. The highest BCUT2D eigenvalue weighted by Gasteiger charge is 2.44. The summed E-state index contributed by atoms with van der Waals surface area (Å²) in [4.78, 5) is 70.3. The molecule has 0 spiro atoms. The Balaban J connectivity index is 2.35. The van der Waals surface area contributed by atoms with Crippen LogP contribution in [-0.4, -0.2) is 122 Å². The number of carbonyl (C=O) groups excluding carboxylic acids is 4. The summed E-state index contributed by atoms with van der Waals surface area (Å²) in [5.74, 6) is -2.91. The Hall–Kier alpha value is -2.77. The first kappa shape index (κ1) is 42.4. The maximum atomic E-state index is 14.5. The smallest absolute Gasteiger partial charge is 0.306 e. The first-order valence-corrected chi connectivity index (χ1v) is 18.4. The number of aliphatic carboxylic acids is 1. The summed E-state index contributed by atoms with van der Waals surface area (Å²) in [6, 6.07) is -2.84. The molecule has 0 aliphatic carbocycles. The van der Waals surface area contributed by atoms with Crippen LogP contribution in [0, 0.1) is 17.8 Å². The van der Waals surface area contributed by atoms with Gasteiger partial charge in [0, 0.05) is 27.8 Å². The van der Waals surface area contributed by atoms with Crippen LogP contribution >= 0.6 is 0 Å². The fourth-order valence-corrected chi connectivity index (χ4v) is 7.37. The molecule has 0 bridgehead atoms. The Morgan fingerprint density at radius 3 is 2.14 bits per heavy atom. The molecule has 2 aliphatic rings. The van der Waals surface area contributed by atoms with Crippen molar-refractivity contribution in [3.63, 3.8) is 0 Å². The van der Waals surface area contributed by atoms with Gasteiger partial charge in [-0.2, -0.15) is 0 Å². The zero-order chi connectivity index (χ0) is 36.8. The SMILES string of the molecule is CC[C@H](C)[C@H](NC(=O)[C@H](C)[C@@H](OC)[C@@H]1CCCN1C(=O)C1CCCCCCC[C@H](NC)C(=O)N[C@@H](C(C)C)C(=O)N1C)[C@@H](CC(=O)O)OC. The molecule has 0 aromatic rings. The van der Waals surface area contributed by atoms with Gasteiger partial charge < -0.3 is 40.3 Å². The predicted molar refractivity (Wildman–Crippen MR) is 188 cm³/mol. The fourth-order valence-electron chi connectivity index (χ4n) is 7.37. The number of amides is 4. The van der Waals surface area contributed by atoms with Gasteiger partial charge in [-0.3, -0.25) is 24.0 Å². The van der Waals surface area contributed by atoms with Crippen molar-refractivity contribution in [2.24, 2.45) is 17.8 Å². The summed E-state index contributed by atoms with van der Waals surface area (Å²) >= 11 is 0. The number of likely N-dealkylation sites (tertiary alicyclic amines) is 1. The van der Waals surface area contributed by atoms with E-state index in [-0.39, 0.29) is 41.9 Å². The Bertz CT molecular complexity index is 1090. The van der Waals surface area contributed by atoms with Crippen LogP contribution in [0.5, 0.6) is 0 Å². The van der Waals surface area contributed by atoms with Crippen molar-refractivity contribution in [2.45, 2.75) is 148 Å². The molecule has 0 radical (unpaired) electrons. The third-order valence-electron chi connectivity index (χ3n) is 10.8. The van der Waals surface area contributed by atoms with Gasteiger partial charge in [0.2, 0.25) is 23.6 Å². The van der Waals surface area contributed by atoms with Crippen molar-refractivity contribution < 1.29 is 38.6 Å². The molecule has 13 heteroatoms. The molecule has 2 heterocycles. The standard InChI is InChI=1S/C36H65N5O8/c1-10-23(4)31(28(48-8)21-29(42)43)39-33(44)24(5)32(49-9)26-19-16-20-41(26)35(46)27-18-15-13-11-12-14-17-25(37-6)34(45)38-30(22(2)3)36(47)40(27)7/h22-28,30-32,37H,10-21H2,1-9H3,(H,38,45)(H,39,44)(H,42,43)/t23-,24+,25-,26-,27?,28+,30-,31-,32+/m0/s1. The summed E-state index contributed by atoms with van der Waals surface area (Å²) < 4.78 is 11.5. The molecule has 13 nitrogen and oxygen atoms in total. The molecule has 9 atom stereocenters. The number of nitrogens with one attached hydrogen (secondary N) is 3. The molecule has 4 amide bonds. The van der Waals surface area contributed by atoms with Crippen molar-refractivity contribution in [2.75, 3.05) is 34.9 Å². The van der Waals surface area contributed by atoms with Gasteiger partial charge in [0.25, 0.3) is 0 Å². The quantitative estimate of drug-likeness (QED) is 0.214. The van der Waals surface area contributed by atoms with Crippen LogP contribution in [-0.2, 0) is 33.4 Å². The topological polar surface area (TPSA) is 167 Å². The maximum absolute atomic E-state index is 14.5. The highest BCUT2D eigenvalue weighted by Crippen LogP contribution is 2.29. The molecule has 2 saturated heterocycles. The van der Waals surface area contributed by atoms with Crippen LogP contribution in [0.4, 0.5) is 0 Å². The Kier molecular flexibility index (Phi) is 18.0. The second kappa shape index (κ2) is 20.8. The van der Waals surface area contributed by atoms with Crippen molar-refractivity contribution in [1.29, 1.82) is 0 Å². The number of nitrogens with zero attached hydrogens (tertiary/aromatic N) is 2. The molecule has 0 aromatic carbocycles. The summed E-state index contributed by atoms with van der Waals surface area (Å²) in [6.07, 6.45) is 6.22. The van der Waals surface area contributed by atoms with Crippen LogP contribution in [0.15, 0.2) is 0 Å². The number of hydrogen-bond acceptors (Lipinski definition) is 8. The minimum atomic E-state index is -1.01. The second-order valence-electron chi connectivity index (χ2n) is 14.4. The predicted octanol–water partition coefficient (Wildman–Crippen LogP) is 2.95. The van der Waals surface area contributed by atoms with Gasteiger partial charge in [-0.1, -0.05) is 73.1 Å². The first-order chi connectivity index (χ1) is 23.2. The minimum absolute atomic E-state index is 0.0441. The van der Waals surface area contributed by atoms with E-state index in [1.54, 1.807) is 25.9 Å². The Morgan fingerprint density at radius 1 is 0.959 bits per heavy atom. The number of rotatable bonds is 14. The highest BCUT2D eigenvalue weighted by atomic mass is 16.5. The van der Waals surface area contributed by atoms with E-state index in [9.17, 15) is 29.1 Å². The molecule has 1 unspecified atom stereocenters. The van der Waals surface area contributed by atoms with E-state index >= 15 is 0 Å². The van der Waals surface area contributed by atoms with Gasteiger partial charge in [0.05, 0.1) is 42.7 Å². The van der Waals surface area contributed by atoms with Crippen LogP contribution < -0.4 is 16.0 Å². The van der Waals surface area contributed by atoms with Gasteiger partial charge in [-0.15, -0.1) is 0 Å². The lowest BCUT2D eigenvalue weighted by molar-refractivity contribution is -0.150. The largest absolute Gasteiger partial charge is 0.481 e. The lowest BCUT2D eigenvalue weighted by Crippen LogP contribution is -2.60. The van der Waals surface area contributed by atoms with Gasteiger partial charge in [-0.05, 0) is 44.6 Å². The number of methoxy groups -OCH3 is 2. The van der Waals surface area contributed by atoms with E-state index in [0.29, 0.717) is 32.2 Å². The Morgan fingerprint density at radius 2 is 1.59 bits per heavy atom. The number of carboxylic acids is 1. The van der Waals surface area contributed by atoms with E-state index < -0.39 is 54.3 Å². The zero-order valence-corrected chi connectivity index (χ0v) is 31.5. The normalized spacial score (nSPS) is 26.3. The minimum Gasteiger partial charge on any atom is -0.481 e. The molecule has 4 N–H and O–H groups in total. The van der Waals surface area contributed by atoms with Crippen LogP contribution in [0.25, 0.3) is 0 Å². The second-order valence-corrected chi connectivity index (χ2v) is 14.4. The molecular weight excluding hydrogens is 630 g/mol. The van der Waals surface area contributed by atoms with E-state index in [2.05, 4.69) is 16.0 Å². The third-order valence-corrected chi connectivity index (χ3v) is 10.8. The van der Waals surface area contributed by atoms with Crippen LogP contribution in [0.2, 0.25) is 0 Å².